The molecule has 0 unspecified atom stereocenters. The van der Waals surface area contributed by atoms with Crippen LogP contribution in [0.15, 0.2) is 28.8 Å². The molecule has 1 saturated heterocycles. The largest absolute Gasteiger partial charge is 0.361 e. The Morgan fingerprint density at radius 1 is 1.25 bits per heavy atom. The van der Waals surface area contributed by atoms with Crippen molar-refractivity contribution in [2.24, 2.45) is 0 Å². The highest BCUT2D eigenvalue weighted by Gasteiger charge is 2.28. The van der Waals surface area contributed by atoms with Gasteiger partial charge in [0.25, 0.3) is 0 Å². The van der Waals surface area contributed by atoms with E-state index < -0.39 is 0 Å². The Kier molecular flexibility index (Phi) is 3.62. The third-order valence-electron chi connectivity index (χ3n) is 4.23. The van der Waals surface area contributed by atoms with Crippen LogP contribution >= 0.6 is 0 Å². The van der Waals surface area contributed by atoms with Crippen molar-refractivity contribution < 1.29 is 4.52 Å². The van der Waals surface area contributed by atoms with E-state index in [-0.39, 0.29) is 0 Å². The molecule has 0 N–H and O–H groups in total. The molecule has 1 atom stereocenters. The molecule has 3 nitrogen and oxygen atoms in total. The zero-order chi connectivity index (χ0) is 14.1. The lowest BCUT2D eigenvalue weighted by molar-refractivity contribution is 0.236. The average Bonchev–Trinajstić information content (AvgIpc) is 3.02. The summed E-state index contributed by atoms with van der Waals surface area (Å²) >= 11 is 0. The van der Waals surface area contributed by atoms with E-state index in [9.17, 15) is 0 Å². The van der Waals surface area contributed by atoms with Crippen molar-refractivity contribution in [1.29, 1.82) is 0 Å². The Morgan fingerprint density at radius 2 is 2.10 bits per heavy atom. The fraction of sp³-hybridized carbons (Fsp3) is 0.471. The lowest BCUT2D eigenvalue weighted by Crippen LogP contribution is -2.23. The van der Waals surface area contributed by atoms with Gasteiger partial charge in [0.2, 0.25) is 0 Å². The van der Waals surface area contributed by atoms with Gasteiger partial charge in [-0.15, -0.1) is 0 Å². The predicted molar refractivity (Wildman–Crippen MR) is 79.5 cm³/mol. The highest BCUT2D eigenvalue weighted by atomic mass is 16.5. The van der Waals surface area contributed by atoms with Crippen molar-refractivity contribution in [3.8, 4) is 0 Å². The molecule has 106 valence electrons. The van der Waals surface area contributed by atoms with Gasteiger partial charge in [0.05, 0.1) is 6.04 Å². The van der Waals surface area contributed by atoms with Crippen molar-refractivity contribution in [2.75, 3.05) is 6.54 Å². The first-order chi connectivity index (χ1) is 9.63. The van der Waals surface area contributed by atoms with Crippen LogP contribution in [0.25, 0.3) is 0 Å². The van der Waals surface area contributed by atoms with Crippen LogP contribution in [0.2, 0.25) is 0 Å². The summed E-state index contributed by atoms with van der Waals surface area (Å²) < 4.78 is 5.24. The summed E-state index contributed by atoms with van der Waals surface area (Å²) in [5.41, 5.74) is 5.22. The molecule has 0 saturated carbocycles. The first kappa shape index (κ1) is 13.4. The molecular formula is C17H22N2O. The number of aromatic nitrogens is 1. The number of hydrogen-bond acceptors (Lipinski definition) is 3. The standard InChI is InChI=1S/C17H22N2O/c1-12-6-7-13(2)15(9-12)11-19-8-4-5-17(19)16-10-14(3)20-18-16/h6-7,9-10,17H,4-5,8,11H2,1-3H3/t17-/m1/s1. The molecule has 0 spiro atoms. The number of benzene rings is 1. The van der Waals surface area contributed by atoms with E-state index in [0.29, 0.717) is 6.04 Å². The second-order valence-corrected chi connectivity index (χ2v) is 5.92. The normalized spacial score (nSPS) is 19.6. The van der Waals surface area contributed by atoms with Crippen LogP contribution in [0.3, 0.4) is 0 Å². The van der Waals surface area contributed by atoms with Crippen molar-refractivity contribution in [3.05, 3.63) is 52.4 Å². The van der Waals surface area contributed by atoms with Crippen molar-refractivity contribution in [3.63, 3.8) is 0 Å². The third kappa shape index (κ3) is 2.63. The molecule has 3 rings (SSSR count). The Bertz CT molecular complexity index is 603. The topological polar surface area (TPSA) is 29.3 Å². The summed E-state index contributed by atoms with van der Waals surface area (Å²) in [6.45, 7) is 8.46. The van der Waals surface area contributed by atoms with E-state index >= 15 is 0 Å². The zero-order valence-corrected chi connectivity index (χ0v) is 12.5. The fourth-order valence-corrected chi connectivity index (χ4v) is 3.08. The van der Waals surface area contributed by atoms with E-state index in [1.807, 2.05) is 6.92 Å². The van der Waals surface area contributed by atoms with E-state index in [0.717, 1.165) is 24.5 Å². The number of aryl methyl sites for hydroxylation is 3. The molecule has 1 aromatic carbocycles. The number of likely N-dealkylation sites (tertiary alicyclic amines) is 1. The van der Waals surface area contributed by atoms with Gasteiger partial charge in [0.15, 0.2) is 0 Å². The highest BCUT2D eigenvalue weighted by molar-refractivity contribution is 5.30. The Balaban J connectivity index is 1.81. The molecule has 1 aliphatic heterocycles. The summed E-state index contributed by atoms with van der Waals surface area (Å²) in [6, 6.07) is 9.19. The first-order valence-corrected chi connectivity index (χ1v) is 7.37. The van der Waals surface area contributed by atoms with Crippen LogP contribution in [0.4, 0.5) is 0 Å². The highest BCUT2D eigenvalue weighted by Crippen LogP contribution is 2.33. The molecule has 1 aliphatic rings. The average molecular weight is 270 g/mol. The van der Waals surface area contributed by atoms with Gasteiger partial charge in [-0.05, 0) is 51.3 Å². The monoisotopic (exact) mass is 270 g/mol. The van der Waals surface area contributed by atoms with Gasteiger partial charge in [-0.25, -0.2) is 0 Å². The van der Waals surface area contributed by atoms with Gasteiger partial charge in [0.1, 0.15) is 11.5 Å². The van der Waals surface area contributed by atoms with Crippen LogP contribution in [0, 0.1) is 20.8 Å². The maximum absolute atomic E-state index is 5.24. The minimum Gasteiger partial charge on any atom is -0.361 e. The van der Waals surface area contributed by atoms with Gasteiger partial charge in [-0.1, -0.05) is 28.9 Å². The summed E-state index contributed by atoms with van der Waals surface area (Å²) in [6.07, 6.45) is 2.41. The van der Waals surface area contributed by atoms with E-state index in [1.54, 1.807) is 0 Å². The molecule has 1 aromatic heterocycles. The van der Waals surface area contributed by atoms with Crippen LogP contribution in [-0.4, -0.2) is 16.6 Å². The number of hydrogen-bond donors (Lipinski definition) is 0. The first-order valence-electron chi connectivity index (χ1n) is 7.37. The molecular weight excluding hydrogens is 248 g/mol. The molecule has 0 aliphatic carbocycles. The minimum atomic E-state index is 0.410. The second kappa shape index (κ2) is 5.41. The van der Waals surface area contributed by atoms with Crippen LogP contribution in [-0.2, 0) is 6.54 Å². The number of rotatable bonds is 3. The van der Waals surface area contributed by atoms with Crippen molar-refractivity contribution >= 4 is 0 Å². The van der Waals surface area contributed by atoms with E-state index in [2.05, 4.69) is 48.2 Å². The van der Waals surface area contributed by atoms with Crippen molar-refractivity contribution in [1.82, 2.24) is 10.1 Å². The summed E-state index contributed by atoms with van der Waals surface area (Å²) in [4.78, 5) is 2.53. The Labute approximate surface area is 120 Å². The lowest BCUT2D eigenvalue weighted by Gasteiger charge is -2.23. The molecule has 0 bridgehead atoms. The van der Waals surface area contributed by atoms with Gasteiger partial charge < -0.3 is 4.52 Å². The van der Waals surface area contributed by atoms with E-state index in [4.69, 9.17) is 4.52 Å². The molecule has 1 fully saturated rings. The number of nitrogens with zero attached hydrogens (tertiary/aromatic N) is 2. The fourth-order valence-electron chi connectivity index (χ4n) is 3.08. The Morgan fingerprint density at radius 3 is 2.85 bits per heavy atom. The second-order valence-electron chi connectivity index (χ2n) is 5.92. The minimum absolute atomic E-state index is 0.410. The SMILES string of the molecule is Cc1ccc(C)c(CN2CCC[C@@H]2c2cc(C)on2)c1. The quantitative estimate of drug-likeness (QED) is 0.846. The van der Waals surface area contributed by atoms with Crippen LogP contribution < -0.4 is 0 Å². The zero-order valence-electron chi connectivity index (χ0n) is 12.5. The predicted octanol–water partition coefficient (Wildman–Crippen LogP) is 3.94. The summed E-state index contributed by atoms with van der Waals surface area (Å²) in [5.74, 6) is 0.901. The van der Waals surface area contributed by atoms with Gasteiger partial charge in [0, 0.05) is 12.6 Å². The van der Waals surface area contributed by atoms with Gasteiger partial charge >= 0.3 is 0 Å². The van der Waals surface area contributed by atoms with Gasteiger partial charge in [-0.3, -0.25) is 4.90 Å². The molecule has 0 radical (unpaired) electrons. The molecule has 2 heterocycles. The van der Waals surface area contributed by atoms with Crippen molar-refractivity contribution in [2.45, 2.75) is 46.2 Å². The lowest BCUT2D eigenvalue weighted by atomic mass is 10.0. The molecule has 2 aromatic rings. The van der Waals surface area contributed by atoms with Crippen LogP contribution in [0.1, 0.15) is 47.0 Å². The molecule has 0 amide bonds. The molecule has 20 heavy (non-hydrogen) atoms. The maximum atomic E-state index is 5.24. The van der Waals surface area contributed by atoms with E-state index in [1.165, 1.54) is 29.5 Å². The summed E-state index contributed by atoms with van der Waals surface area (Å²) in [7, 11) is 0. The smallest absolute Gasteiger partial charge is 0.133 e. The van der Waals surface area contributed by atoms with Gasteiger partial charge in [-0.2, -0.15) is 0 Å². The third-order valence-corrected chi connectivity index (χ3v) is 4.23. The Hall–Kier alpha value is -1.61. The molecule has 3 heteroatoms. The van der Waals surface area contributed by atoms with Crippen LogP contribution in [0.5, 0.6) is 0 Å². The summed E-state index contributed by atoms with van der Waals surface area (Å²) in [5, 5.41) is 4.21. The maximum Gasteiger partial charge on any atom is 0.133 e.